The van der Waals surface area contributed by atoms with Crippen LogP contribution in [0.15, 0.2) is 60.7 Å². The minimum atomic E-state index is -0.150. The monoisotopic (exact) mass is 457 g/mol. The zero-order chi connectivity index (χ0) is 23.4. The predicted molar refractivity (Wildman–Crippen MR) is 131 cm³/mol. The Morgan fingerprint density at radius 2 is 1.94 bits per heavy atom. The molecule has 7 nitrogen and oxygen atoms in total. The van der Waals surface area contributed by atoms with Crippen LogP contribution in [-0.2, 0) is 11.3 Å². The molecule has 0 spiro atoms. The van der Waals surface area contributed by atoms with Crippen molar-refractivity contribution in [2.45, 2.75) is 13.5 Å². The third kappa shape index (κ3) is 4.86. The predicted octanol–water partition coefficient (Wildman–Crippen LogP) is 6.08. The Hall–Kier alpha value is -4.15. The average Bonchev–Trinajstić information content (AvgIpc) is 2.82. The highest BCUT2D eigenvalue weighted by Gasteiger charge is 2.13. The zero-order valence-corrected chi connectivity index (χ0v) is 18.8. The van der Waals surface area contributed by atoms with E-state index in [-0.39, 0.29) is 5.91 Å². The average molecular weight is 458 g/mol. The number of benzene rings is 3. The van der Waals surface area contributed by atoms with Crippen molar-refractivity contribution >= 4 is 45.5 Å². The molecule has 0 atom stereocenters. The van der Waals surface area contributed by atoms with E-state index >= 15 is 0 Å². The molecule has 0 aliphatic rings. The first-order valence-corrected chi connectivity index (χ1v) is 10.5. The maximum Gasteiger partial charge on any atom is 0.221 e. The highest BCUT2D eigenvalue weighted by Crippen LogP contribution is 2.34. The molecule has 1 aromatic heterocycles. The summed E-state index contributed by atoms with van der Waals surface area (Å²) in [7, 11) is 1.57. The number of nitrogens with zero attached hydrogens (tertiary/aromatic N) is 3. The van der Waals surface area contributed by atoms with Crippen molar-refractivity contribution in [3.05, 3.63) is 82.7 Å². The summed E-state index contributed by atoms with van der Waals surface area (Å²) >= 11 is 6.24. The van der Waals surface area contributed by atoms with E-state index in [1.165, 1.54) is 6.92 Å². The Labute approximate surface area is 196 Å². The molecule has 33 heavy (non-hydrogen) atoms. The van der Waals surface area contributed by atoms with Crippen LogP contribution < -0.4 is 15.4 Å². The summed E-state index contributed by atoms with van der Waals surface area (Å²) in [5.74, 6) is 1.02. The lowest BCUT2D eigenvalue weighted by Gasteiger charge is -2.13. The van der Waals surface area contributed by atoms with E-state index in [4.69, 9.17) is 22.9 Å². The van der Waals surface area contributed by atoms with Crippen LogP contribution in [0.25, 0.3) is 26.9 Å². The van der Waals surface area contributed by atoms with Crippen LogP contribution in [0.4, 0.5) is 17.2 Å². The molecule has 0 unspecified atom stereocenters. The molecular weight excluding hydrogens is 438 g/mol. The second kappa shape index (κ2) is 9.55. The van der Waals surface area contributed by atoms with Gasteiger partial charge in [0.1, 0.15) is 11.4 Å². The van der Waals surface area contributed by atoms with E-state index in [1.54, 1.807) is 19.2 Å². The summed E-state index contributed by atoms with van der Waals surface area (Å²) in [4.78, 5) is 15.0. The molecule has 164 valence electrons. The SMILES string of the molecule is [C-]#[N+]c1ccc2c(-c3cccc(NC(C)=O)c3)nnc(NCc3ccc(OC)c(Cl)c3)c2c1. The van der Waals surface area contributed by atoms with E-state index in [1.807, 2.05) is 48.5 Å². The summed E-state index contributed by atoms with van der Waals surface area (Å²) in [5, 5.41) is 17.1. The second-order valence-corrected chi connectivity index (χ2v) is 7.73. The number of halogens is 1. The van der Waals surface area contributed by atoms with Crippen LogP contribution >= 0.6 is 11.6 Å². The number of hydrogen-bond donors (Lipinski definition) is 2. The minimum Gasteiger partial charge on any atom is -0.495 e. The van der Waals surface area contributed by atoms with E-state index < -0.39 is 0 Å². The smallest absolute Gasteiger partial charge is 0.221 e. The van der Waals surface area contributed by atoms with Crippen LogP contribution in [0.3, 0.4) is 0 Å². The number of anilines is 2. The molecule has 0 saturated heterocycles. The molecule has 2 N–H and O–H groups in total. The molecule has 1 heterocycles. The van der Waals surface area contributed by atoms with Gasteiger partial charge >= 0.3 is 0 Å². The minimum absolute atomic E-state index is 0.150. The van der Waals surface area contributed by atoms with Gasteiger partial charge in [0.05, 0.1) is 18.7 Å². The van der Waals surface area contributed by atoms with Gasteiger partial charge in [-0.25, -0.2) is 4.85 Å². The fourth-order valence-electron chi connectivity index (χ4n) is 3.51. The molecular formula is C25H20ClN5O2. The number of carbonyl (C=O) groups is 1. The van der Waals surface area contributed by atoms with Gasteiger partial charge in [0.15, 0.2) is 11.5 Å². The van der Waals surface area contributed by atoms with E-state index in [9.17, 15) is 4.79 Å². The van der Waals surface area contributed by atoms with Gasteiger partial charge in [-0.15, -0.1) is 10.2 Å². The standard InChI is InChI=1S/C25H20ClN5O2/c1-15(32)29-19-6-4-5-17(12-19)24-20-9-8-18(27-2)13-21(20)25(31-30-24)28-14-16-7-10-23(33-3)22(26)11-16/h4-13H,14H2,1,3H3,(H,28,31)(H,29,32). The molecule has 0 aliphatic carbocycles. The van der Waals surface area contributed by atoms with Crippen molar-refractivity contribution in [2.24, 2.45) is 0 Å². The van der Waals surface area contributed by atoms with Crippen molar-refractivity contribution in [1.29, 1.82) is 0 Å². The number of aromatic nitrogens is 2. The first-order chi connectivity index (χ1) is 16.0. The highest BCUT2D eigenvalue weighted by atomic mass is 35.5. The Bertz CT molecular complexity index is 1400. The number of rotatable bonds is 6. The first-order valence-electron chi connectivity index (χ1n) is 10.1. The van der Waals surface area contributed by atoms with Gasteiger partial charge in [0.2, 0.25) is 5.91 Å². The van der Waals surface area contributed by atoms with Gasteiger partial charge < -0.3 is 15.4 Å². The fraction of sp³-hybridized carbons (Fsp3) is 0.120. The largest absolute Gasteiger partial charge is 0.495 e. The number of fused-ring (bicyclic) bond motifs is 1. The quantitative estimate of drug-likeness (QED) is 0.343. The zero-order valence-electron chi connectivity index (χ0n) is 18.0. The van der Waals surface area contributed by atoms with Crippen LogP contribution in [0.2, 0.25) is 5.02 Å². The molecule has 0 aliphatic heterocycles. The molecule has 4 aromatic rings. The van der Waals surface area contributed by atoms with Gasteiger partial charge in [-0.1, -0.05) is 41.9 Å². The van der Waals surface area contributed by atoms with Gasteiger partial charge in [0, 0.05) is 35.5 Å². The van der Waals surface area contributed by atoms with Gasteiger partial charge in [-0.3, -0.25) is 4.79 Å². The van der Waals surface area contributed by atoms with Crippen molar-refractivity contribution in [1.82, 2.24) is 10.2 Å². The third-order valence-corrected chi connectivity index (χ3v) is 5.32. The molecule has 0 bridgehead atoms. The Morgan fingerprint density at radius 1 is 1.09 bits per heavy atom. The lowest BCUT2D eigenvalue weighted by atomic mass is 10.0. The summed E-state index contributed by atoms with van der Waals surface area (Å²) in [6, 6.07) is 18.4. The van der Waals surface area contributed by atoms with E-state index in [0.717, 1.165) is 21.9 Å². The Balaban J connectivity index is 1.73. The van der Waals surface area contributed by atoms with Crippen molar-refractivity contribution in [3.8, 4) is 17.0 Å². The molecule has 8 heteroatoms. The number of ether oxygens (including phenoxy) is 1. The maximum atomic E-state index is 11.4. The number of methoxy groups -OCH3 is 1. The Morgan fingerprint density at radius 3 is 2.67 bits per heavy atom. The lowest BCUT2D eigenvalue weighted by Crippen LogP contribution is -2.06. The molecule has 3 aromatic carbocycles. The van der Waals surface area contributed by atoms with Gasteiger partial charge in [0.25, 0.3) is 0 Å². The fourth-order valence-corrected chi connectivity index (χ4v) is 3.79. The molecule has 4 rings (SSSR count). The van der Waals surface area contributed by atoms with Crippen molar-refractivity contribution in [3.63, 3.8) is 0 Å². The number of hydrogen-bond acceptors (Lipinski definition) is 5. The topological polar surface area (TPSA) is 80.5 Å². The van der Waals surface area contributed by atoms with Crippen molar-refractivity contribution < 1.29 is 9.53 Å². The first kappa shape index (κ1) is 22.1. The third-order valence-electron chi connectivity index (χ3n) is 5.03. The number of nitrogens with one attached hydrogen (secondary N) is 2. The van der Waals surface area contributed by atoms with Crippen molar-refractivity contribution in [2.75, 3.05) is 17.7 Å². The van der Waals surface area contributed by atoms with Crippen LogP contribution in [0.5, 0.6) is 5.75 Å². The summed E-state index contributed by atoms with van der Waals surface area (Å²) in [5.41, 5.74) is 3.59. The summed E-state index contributed by atoms with van der Waals surface area (Å²) in [6.07, 6.45) is 0. The molecule has 0 saturated carbocycles. The van der Waals surface area contributed by atoms with E-state index in [2.05, 4.69) is 25.7 Å². The maximum absolute atomic E-state index is 11.4. The van der Waals surface area contributed by atoms with E-state index in [0.29, 0.717) is 40.2 Å². The second-order valence-electron chi connectivity index (χ2n) is 7.32. The van der Waals surface area contributed by atoms with Crippen LogP contribution in [0.1, 0.15) is 12.5 Å². The number of amides is 1. The lowest BCUT2D eigenvalue weighted by molar-refractivity contribution is -0.114. The molecule has 0 radical (unpaired) electrons. The highest BCUT2D eigenvalue weighted by molar-refractivity contribution is 6.32. The normalized spacial score (nSPS) is 10.5. The van der Waals surface area contributed by atoms with Crippen LogP contribution in [0, 0.1) is 6.57 Å². The summed E-state index contributed by atoms with van der Waals surface area (Å²) < 4.78 is 5.20. The molecule has 1 amide bonds. The van der Waals surface area contributed by atoms with Gasteiger partial charge in [-0.2, -0.15) is 0 Å². The number of carbonyl (C=O) groups excluding carboxylic acids is 1. The van der Waals surface area contributed by atoms with Crippen LogP contribution in [-0.4, -0.2) is 23.2 Å². The van der Waals surface area contributed by atoms with Gasteiger partial charge in [-0.05, 0) is 35.9 Å². The molecule has 0 fully saturated rings. The summed E-state index contributed by atoms with van der Waals surface area (Å²) in [6.45, 7) is 9.33. The Kier molecular flexibility index (Phi) is 6.38.